The van der Waals surface area contributed by atoms with Gasteiger partial charge in [-0.1, -0.05) is 67.5 Å². The van der Waals surface area contributed by atoms with Gasteiger partial charge >= 0.3 is 0 Å². The summed E-state index contributed by atoms with van der Waals surface area (Å²) < 4.78 is 0. The summed E-state index contributed by atoms with van der Waals surface area (Å²) in [5.74, 6) is 0. The van der Waals surface area contributed by atoms with Crippen molar-refractivity contribution >= 4 is 0 Å². The minimum Gasteiger partial charge on any atom is -0.316 e. The van der Waals surface area contributed by atoms with Gasteiger partial charge in [0.15, 0.2) is 0 Å². The minimum absolute atomic E-state index is 0.331. The van der Waals surface area contributed by atoms with Crippen LogP contribution in [0.15, 0.2) is 59.3 Å². The van der Waals surface area contributed by atoms with Gasteiger partial charge in [-0.15, -0.1) is 0 Å². The fourth-order valence-corrected chi connectivity index (χ4v) is 2.48. The molecule has 21 heavy (non-hydrogen) atoms. The van der Waals surface area contributed by atoms with Gasteiger partial charge in [-0.25, -0.2) is 0 Å². The van der Waals surface area contributed by atoms with Gasteiger partial charge in [0.1, 0.15) is 0 Å². The Bertz CT molecular complexity index is 470. The van der Waals surface area contributed by atoms with Crippen molar-refractivity contribution in [2.75, 3.05) is 13.6 Å². The van der Waals surface area contributed by atoms with E-state index in [1.807, 2.05) is 7.05 Å². The number of likely N-dealkylation sites (N-methyl/N-ethyl adjacent to an activating group) is 1. The number of hydrogen-bond donors (Lipinski definition) is 1. The van der Waals surface area contributed by atoms with E-state index in [1.54, 1.807) is 0 Å². The highest BCUT2D eigenvalue weighted by Crippen LogP contribution is 2.37. The molecular formula is C20H31N. The molecular weight excluding hydrogens is 254 g/mol. The zero-order valence-corrected chi connectivity index (χ0v) is 14.4. The average molecular weight is 285 g/mol. The van der Waals surface area contributed by atoms with Crippen molar-refractivity contribution in [2.24, 2.45) is 5.41 Å². The van der Waals surface area contributed by atoms with Crippen LogP contribution in [-0.2, 0) is 0 Å². The molecule has 0 aromatic heterocycles. The molecule has 0 fully saturated rings. The van der Waals surface area contributed by atoms with Crippen molar-refractivity contribution in [3.05, 3.63) is 59.3 Å². The second kappa shape index (κ2) is 8.84. The van der Waals surface area contributed by atoms with Crippen LogP contribution in [0.25, 0.3) is 0 Å². The Labute approximate surface area is 131 Å². The van der Waals surface area contributed by atoms with Gasteiger partial charge < -0.3 is 5.32 Å². The van der Waals surface area contributed by atoms with Crippen LogP contribution >= 0.6 is 0 Å². The summed E-state index contributed by atoms with van der Waals surface area (Å²) in [6.45, 7) is 9.89. The van der Waals surface area contributed by atoms with Crippen LogP contribution in [0.2, 0.25) is 0 Å². The molecule has 0 amide bonds. The van der Waals surface area contributed by atoms with Crippen LogP contribution in [0, 0.1) is 5.41 Å². The second-order valence-corrected chi connectivity index (χ2v) is 6.54. The highest BCUT2D eigenvalue weighted by molar-refractivity contribution is 5.34. The third-order valence-electron chi connectivity index (χ3n) is 4.02. The van der Waals surface area contributed by atoms with Crippen molar-refractivity contribution in [1.82, 2.24) is 5.32 Å². The summed E-state index contributed by atoms with van der Waals surface area (Å²) in [6, 6.07) is 0. The zero-order chi connectivity index (χ0) is 15.7. The fraction of sp³-hybridized carbons (Fsp3) is 0.500. The predicted molar refractivity (Wildman–Crippen MR) is 95.4 cm³/mol. The molecule has 0 spiro atoms. The van der Waals surface area contributed by atoms with E-state index in [0.717, 1.165) is 6.54 Å². The number of nitrogens with one attached hydrogen (secondary N) is 1. The lowest BCUT2D eigenvalue weighted by Gasteiger charge is -2.30. The molecule has 0 atom stereocenters. The molecule has 0 saturated carbocycles. The summed E-state index contributed by atoms with van der Waals surface area (Å²) in [5.41, 5.74) is 4.39. The van der Waals surface area contributed by atoms with Gasteiger partial charge in [0, 0.05) is 6.54 Å². The quantitative estimate of drug-likeness (QED) is 0.649. The molecule has 1 N–H and O–H groups in total. The van der Waals surface area contributed by atoms with Crippen LogP contribution in [-0.4, -0.2) is 13.6 Å². The molecule has 0 unspecified atom stereocenters. The van der Waals surface area contributed by atoms with Crippen molar-refractivity contribution in [1.29, 1.82) is 0 Å². The van der Waals surface area contributed by atoms with E-state index < -0.39 is 0 Å². The van der Waals surface area contributed by atoms with Crippen LogP contribution < -0.4 is 5.32 Å². The van der Waals surface area contributed by atoms with E-state index in [0.29, 0.717) is 5.41 Å². The Balaban J connectivity index is 2.62. The van der Waals surface area contributed by atoms with Crippen molar-refractivity contribution in [3.8, 4) is 0 Å². The van der Waals surface area contributed by atoms with Gasteiger partial charge in [0.2, 0.25) is 0 Å². The van der Waals surface area contributed by atoms with Crippen molar-refractivity contribution in [2.45, 2.75) is 47.0 Å². The molecule has 1 nitrogen and oxygen atoms in total. The van der Waals surface area contributed by atoms with Crippen LogP contribution in [0.5, 0.6) is 0 Å². The van der Waals surface area contributed by atoms with E-state index in [2.05, 4.69) is 75.5 Å². The summed E-state index contributed by atoms with van der Waals surface area (Å²) in [4.78, 5) is 0. The lowest BCUT2D eigenvalue weighted by atomic mass is 9.75. The second-order valence-electron chi connectivity index (χ2n) is 6.54. The molecule has 116 valence electrons. The Hall–Kier alpha value is -1.34. The van der Waals surface area contributed by atoms with Gasteiger partial charge in [-0.05, 0) is 51.1 Å². The maximum absolute atomic E-state index is 3.12. The van der Waals surface area contributed by atoms with E-state index in [4.69, 9.17) is 0 Å². The zero-order valence-electron chi connectivity index (χ0n) is 14.4. The highest BCUT2D eigenvalue weighted by Gasteiger charge is 2.23. The molecule has 1 rings (SSSR count). The Morgan fingerprint density at radius 2 is 2.00 bits per heavy atom. The molecule has 1 aliphatic rings. The molecule has 0 aromatic rings. The molecule has 1 heteroatoms. The van der Waals surface area contributed by atoms with Gasteiger partial charge in [-0.3, -0.25) is 0 Å². The summed E-state index contributed by atoms with van der Waals surface area (Å²) in [7, 11) is 1.96. The summed E-state index contributed by atoms with van der Waals surface area (Å²) >= 11 is 0. The standard InChI is InChI=1S/C20H31N/c1-17(9-8-10-18(2)14-16-21-5)12-13-19-11-6-7-15-20(19,3)4/h8-14,21H,6-7,15-16H2,1-5H3/b10-8+,13-12+,17-9+,18-14+. The first kappa shape index (κ1) is 17.7. The Morgan fingerprint density at radius 1 is 1.24 bits per heavy atom. The molecule has 1 aliphatic carbocycles. The van der Waals surface area contributed by atoms with E-state index >= 15 is 0 Å². The first-order chi connectivity index (χ1) is 9.95. The number of hydrogen-bond acceptors (Lipinski definition) is 1. The maximum Gasteiger partial charge on any atom is 0.0137 e. The normalized spacial score (nSPS) is 20.3. The molecule has 0 radical (unpaired) electrons. The van der Waals surface area contributed by atoms with Gasteiger partial charge in [-0.2, -0.15) is 0 Å². The summed E-state index contributed by atoms with van der Waals surface area (Å²) in [5, 5.41) is 3.12. The first-order valence-corrected chi connectivity index (χ1v) is 8.01. The maximum atomic E-state index is 3.12. The third-order valence-corrected chi connectivity index (χ3v) is 4.02. The Morgan fingerprint density at radius 3 is 2.67 bits per heavy atom. The van der Waals surface area contributed by atoms with Crippen molar-refractivity contribution < 1.29 is 0 Å². The predicted octanol–water partition coefficient (Wildman–Crippen LogP) is 5.35. The van der Waals surface area contributed by atoms with E-state index in [1.165, 1.54) is 36.0 Å². The lowest BCUT2D eigenvalue weighted by molar-refractivity contribution is 0.385. The van der Waals surface area contributed by atoms with Crippen LogP contribution in [0.3, 0.4) is 0 Å². The molecule has 0 saturated heterocycles. The van der Waals surface area contributed by atoms with E-state index in [9.17, 15) is 0 Å². The summed E-state index contributed by atoms with van der Waals surface area (Å²) in [6.07, 6.45) is 19.4. The van der Waals surface area contributed by atoms with Crippen LogP contribution in [0.4, 0.5) is 0 Å². The fourth-order valence-electron chi connectivity index (χ4n) is 2.48. The minimum atomic E-state index is 0.331. The number of allylic oxidation sites excluding steroid dienone is 9. The van der Waals surface area contributed by atoms with Gasteiger partial charge in [0.05, 0.1) is 0 Å². The largest absolute Gasteiger partial charge is 0.316 e. The van der Waals surface area contributed by atoms with Crippen molar-refractivity contribution in [3.63, 3.8) is 0 Å². The van der Waals surface area contributed by atoms with E-state index in [-0.39, 0.29) is 0 Å². The highest BCUT2D eigenvalue weighted by atomic mass is 14.8. The van der Waals surface area contributed by atoms with Gasteiger partial charge in [0.25, 0.3) is 0 Å². The third kappa shape index (κ3) is 6.77. The smallest absolute Gasteiger partial charge is 0.0137 e. The topological polar surface area (TPSA) is 12.0 Å². The Kier molecular flexibility index (Phi) is 7.45. The molecule has 0 aliphatic heterocycles. The molecule has 0 heterocycles. The molecule has 0 aromatic carbocycles. The lowest BCUT2D eigenvalue weighted by Crippen LogP contribution is -2.16. The molecule has 0 bridgehead atoms. The SMILES string of the molecule is CNC/C=C(C)/C=C/C=C(C)/C=C/C1=CCCCC1(C)C. The first-order valence-electron chi connectivity index (χ1n) is 8.01. The number of rotatable bonds is 6. The average Bonchev–Trinajstić information content (AvgIpc) is 2.43. The monoisotopic (exact) mass is 285 g/mol. The van der Waals surface area contributed by atoms with Crippen LogP contribution in [0.1, 0.15) is 47.0 Å².